The SMILES string of the molecule is COc1ccc([C@@H](O)Cn2cnc(C(=O)Nc3ccccc3F)n2)cc1. The number of anilines is 1. The maximum Gasteiger partial charge on any atom is 0.295 e. The summed E-state index contributed by atoms with van der Waals surface area (Å²) >= 11 is 0. The van der Waals surface area contributed by atoms with E-state index in [9.17, 15) is 14.3 Å². The molecule has 0 unspecified atom stereocenters. The van der Waals surface area contributed by atoms with E-state index in [2.05, 4.69) is 15.4 Å². The molecule has 0 saturated carbocycles. The van der Waals surface area contributed by atoms with Crippen LogP contribution >= 0.6 is 0 Å². The Balaban J connectivity index is 1.65. The Morgan fingerprint density at radius 3 is 2.69 bits per heavy atom. The largest absolute Gasteiger partial charge is 0.497 e. The second-order valence-electron chi connectivity index (χ2n) is 5.51. The van der Waals surface area contributed by atoms with Gasteiger partial charge in [0.25, 0.3) is 5.91 Å². The quantitative estimate of drug-likeness (QED) is 0.708. The van der Waals surface area contributed by atoms with E-state index in [1.54, 1.807) is 37.4 Å². The van der Waals surface area contributed by atoms with Crippen LogP contribution in [0.1, 0.15) is 22.3 Å². The third-order valence-corrected chi connectivity index (χ3v) is 3.72. The van der Waals surface area contributed by atoms with E-state index < -0.39 is 17.8 Å². The van der Waals surface area contributed by atoms with Crippen molar-refractivity contribution < 1.29 is 19.0 Å². The number of aliphatic hydroxyl groups excluding tert-OH is 1. The average Bonchev–Trinajstić information content (AvgIpc) is 3.12. The maximum absolute atomic E-state index is 13.6. The molecule has 0 aliphatic heterocycles. The fraction of sp³-hybridized carbons (Fsp3) is 0.167. The number of ether oxygens (including phenoxy) is 1. The lowest BCUT2D eigenvalue weighted by Crippen LogP contribution is -2.16. The number of halogens is 1. The second kappa shape index (κ2) is 7.75. The fourth-order valence-corrected chi connectivity index (χ4v) is 2.34. The molecule has 3 aromatic rings. The molecule has 0 aliphatic carbocycles. The van der Waals surface area contributed by atoms with Gasteiger partial charge in [0.05, 0.1) is 25.4 Å². The number of amides is 1. The number of benzene rings is 2. The normalized spacial score (nSPS) is 11.8. The van der Waals surface area contributed by atoms with Crippen molar-refractivity contribution in [3.05, 3.63) is 72.1 Å². The number of methoxy groups -OCH3 is 1. The molecule has 0 aliphatic rings. The molecule has 1 atom stereocenters. The van der Waals surface area contributed by atoms with E-state index in [-0.39, 0.29) is 18.1 Å². The molecule has 7 nitrogen and oxygen atoms in total. The molecule has 0 fully saturated rings. The van der Waals surface area contributed by atoms with Crippen molar-refractivity contribution in [2.24, 2.45) is 0 Å². The van der Waals surface area contributed by atoms with E-state index in [1.165, 1.54) is 29.2 Å². The molecule has 1 heterocycles. The lowest BCUT2D eigenvalue weighted by Gasteiger charge is -2.11. The van der Waals surface area contributed by atoms with Crippen LogP contribution in [0.15, 0.2) is 54.9 Å². The van der Waals surface area contributed by atoms with Gasteiger partial charge in [0.2, 0.25) is 5.82 Å². The molecule has 3 rings (SSSR count). The molecular formula is C18H17FN4O3. The smallest absolute Gasteiger partial charge is 0.295 e. The van der Waals surface area contributed by atoms with Crippen molar-refractivity contribution in [3.8, 4) is 5.75 Å². The number of aromatic nitrogens is 3. The summed E-state index contributed by atoms with van der Waals surface area (Å²) in [5, 5.41) is 16.7. The van der Waals surface area contributed by atoms with Gasteiger partial charge in [-0.25, -0.2) is 14.1 Å². The van der Waals surface area contributed by atoms with Gasteiger partial charge in [0.15, 0.2) is 0 Å². The van der Waals surface area contributed by atoms with Crippen molar-refractivity contribution in [1.82, 2.24) is 14.8 Å². The van der Waals surface area contributed by atoms with Gasteiger partial charge in [-0.2, -0.15) is 0 Å². The Morgan fingerprint density at radius 1 is 1.27 bits per heavy atom. The van der Waals surface area contributed by atoms with Gasteiger partial charge in [-0.1, -0.05) is 24.3 Å². The second-order valence-corrected chi connectivity index (χ2v) is 5.51. The number of carbonyl (C=O) groups is 1. The summed E-state index contributed by atoms with van der Waals surface area (Å²) in [5.74, 6) is -0.605. The predicted octanol–water partition coefficient (Wildman–Crippen LogP) is 2.41. The molecule has 2 aromatic carbocycles. The predicted molar refractivity (Wildman–Crippen MR) is 92.3 cm³/mol. The standard InChI is InChI=1S/C18H17FN4O3/c1-26-13-8-6-12(7-9-13)16(24)10-23-11-20-17(22-23)18(25)21-15-5-3-2-4-14(15)19/h2-9,11,16,24H,10H2,1H3,(H,21,25)/t16-/m0/s1. The van der Waals surface area contributed by atoms with Gasteiger partial charge in [-0.05, 0) is 29.8 Å². The van der Waals surface area contributed by atoms with Crippen molar-refractivity contribution in [2.45, 2.75) is 12.6 Å². The van der Waals surface area contributed by atoms with Crippen LogP contribution in [0.5, 0.6) is 5.75 Å². The van der Waals surface area contributed by atoms with Gasteiger partial charge < -0.3 is 15.2 Å². The first-order valence-corrected chi connectivity index (χ1v) is 7.84. The van der Waals surface area contributed by atoms with Crippen LogP contribution in [-0.2, 0) is 6.54 Å². The van der Waals surface area contributed by atoms with Gasteiger partial charge >= 0.3 is 0 Å². The van der Waals surface area contributed by atoms with Crippen LogP contribution in [0.2, 0.25) is 0 Å². The lowest BCUT2D eigenvalue weighted by atomic mass is 10.1. The number of para-hydroxylation sites is 1. The summed E-state index contributed by atoms with van der Waals surface area (Å²) in [7, 11) is 1.56. The molecule has 8 heteroatoms. The minimum absolute atomic E-state index is 0.0483. The molecule has 134 valence electrons. The monoisotopic (exact) mass is 356 g/mol. The third kappa shape index (κ3) is 4.04. The Kier molecular flexibility index (Phi) is 5.23. The number of hydrogen-bond donors (Lipinski definition) is 2. The topological polar surface area (TPSA) is 89.3 Å². The number of aliphatic hydroxyl groups is 1. The van der Waals surface area contributed by atoms with Gasteiger partial charge in [-0.15, -0.1) is 5.10 Å². The number of carbonyl (C=O) groups excluding carboxylic acids is 1. The minimum Gasteiger partial charge on any atom is -0.497 e. The Labute approximate surface area is 149 Å². The summed E-state index contributed by atoms with van der Waals surface area (Å²) in [6.45, 7) is 0.117. The highest BCUT2D eigenvalue weighted by molar-refractivity contribution is 6.01. The van der Waals surface area contributed by atoms with E-state index in [0.717, 1.165) is 0 Å². The average molecular weight is 356 g/mol. The summed E-state index contributed by atoms with van der Waals surface area (Å²) in [6.07, 6.45) is 0.508. The zero-order chi connectivity index (χ0) is 18.5. The van der Waals surface area contributed by atoms with E-state index in [1.807, 2.05) is 0 Å². The van der Waals surface area contributed by atoms with Crippen LogP contribution in [0.25, 0.3) is 0 Å². The summed E-state index contributed by atoms with van der Waals surface area (Å²) in [5.41, 5.74) is 0.728. The number of rotatable bonds is 6. The van der Waals surface area contributed by atoms with Crippen molar-refractivity contribution in [3.63, 3.8) is 0 Å². The molecule has 0 radical (unpaired) electrons. The molecular weight excluding hydrogens is 339 g/mol. The zero-order valence-electron chi connectivity index (χ0n) is 14.0. The Morgan fingerprint density at radius 2 is 2.00 bits per heavy atom. The van der Waals surface area contributed by atoms with Gasteiger partial charge in [0.1, 0.15) is 17.9 Å². The molecule has 1 amide bonds. The summed E-state index contributed by atoms with van der Waals surface area (Å²) in [6, 6.07) is 12.8. The first-order valence-electron chi connectivity index (χ1n) is 7.84. The van der Waals surface area contributed by atoms with Crippen molar-refractivity contribution in [2.75, 3.05) is 12.4 Å². The van der Waals surface area contributed by atoms with Gasteiger partial charge in [-0.3, -0.25) is 4.79 Å². The van der Waals surface area contributed by atoms with Crippen LogP contribution in [-0.4, -0.2) is 32.9 Å². The summed E-state index contributed by atoms with van der Waals surface area (Å²) in [4.78, 5) is 16.0. The number of nitrogens with one attached hydrogen (secondary N) is 1. The first-order chi connectivity index (χ1) is 12.6. The lowest BCUT2D eigenvalue weighted by molar-refractivity contribution is 0.101. The van der Waals surface area contributed by atoms with Crippen molar-refractivity contribution >= 4 is 11.6 Å². The maximum atomic E-state index is 13.6. The Bertz CT molecular complexity index is 895. The van der Waals surface area contributed by atoms with Crippen LogP contribution in [0.3, 0.4) is 0 Å². The van der Waals surface area contributed by atoms with E-state index >= 15 is 0 Å². The minimum atomic E-state index is -0.829. The number of hydrogen-bond acceptors (Lipinski definition) is 5. The summed E-state index contributed by atoms with van der Waals surface area (Å²) < 4.78 is 20.0. The molecule has 0 saturated heterocycles. The highest BCUT2D eigenvalue weighted by Crippen LogP contribution is 2.19. The molecule has 0 bridgehead atoms. The van der Waals surface area contributed by atoms with Crippen LogP contribution in [0, 0.1) is 5.82 Å². The van der Waals surface area contributed by atoms with E-state index in [0.29, 0.717) is 11.3 Å². The highest BCUT2D eigenvalue weighted by atomic mass is 19.1. The van der Waals surface area contributed by atoms with Crippen molar-refractivity contribution in [1.29, 1.82) is 0 Å². The molecule has 2 N–H and O–H groups in total. The van der Waals surface area contributed by atoms with Crippen LogP contribution < -0.4 is 10.1 Å². The fourth-order valence-electron chi connectivity index (χ4n) is 2.34. The Hall–Kier alpha value is -3.26. The third-order valence-electron chi connectivity index (χ3n) is 3.72. The van der Waals surface area contributed by atoms with E-state index in [4.69, 9.17) is 4.74 Å². The van der Waals surface area contributed by atoms with Crippen LogP contribution in [0.4, 0.5) is 10.1 Å². The number of nitrogens with zero attached hydrogens (tertiary/aromatic N) is 3. The molecule has 0 spiro atoms. The van der Waals surface area contributed by atoms with Gasteiger partial charge in [0, 0.05) is 0 Å². The highest BCUT2D eigenvalue weighted by Gasteiger charge is 2.15. The molecule has 1 aromatic heterocycles. The zero-order valence-corrected chi connectivity index (χ0v) is 14.0. The molecule has 26 heavy (non-hydrogen) atoms. The first kappa shape index (κ1) is 17.6.